The zero-order chi connectivity index (χ0) is 13.6. The van der Waals surface area contributed by atoms with Gasteiger partial charge in [0.25, 0.3) is 0 Å². The molecular weight excluding hydrogens is 232 g/mol. The van der Waals surface area contributed by atoms with Crippen molar-refractivity contribution in [3.05, 3.63) is 0 Å². The number of hydrogen-bond donors (Lipinski definition) is 2. The molecule has 0 unspecified atom stereocenters. The molecule has 1 saturated carbocycles. The second-order valence-electron chi connectivity index (χ2n) is 4.93. The normalized spacial score (nSPS) is 17.3. The van der Waals surface area contributed by atoms with Crippen molar-refractivity contribution >= 4 is 11.9 Å². The first-order chi connectivity index (χ1) is 8.56. The number of rotatable bonds is 8. The van der Waals surface area contributed by atoms with Gasteiger partial charge in [-0.15, -0.1) is 0 Å². The third-order valence-corrected chi connectivity index (χ3v) is 3.75. The smallest absolute Gasteiger partial charge is 0.319 e. The van der Waals surface area contributed by atoms with Crippen LogP contribution in [-0.2, 0) is 9.59 Å². The highest BCUT2D eigenvalue weighted by molar-refractivity contribution is 6.02. The van der Waals surface area contributed by atoms with Crippen LogP contribution in [0.15, 0.2) is 0 Å². The van der Waals surface area contributed by atoms with Crippen molar-refractivity contribution in [2.24, 2.45) is 5.41 Å². The van der Waals surface area contributed by atoms with Gasteiger partial charge in [0.05, 0.1) is 0 Å². The summed E-state index contributed by atoms with van der Waals surface area (Å²) in [6.07, 6.45) is 2.86. The van der Waals surface area contributed by atoms with Gasteiger partial charge in [-0.3, -0.25) is 9.59 Å². The van der Waals surface area contributed by atoms with Crippen LogP contribution in [0.4, 0.5) is 0 Å². The lowest BCUT2D eigenvalue weighted by atomic mass is 9.68. The van der Waals surface area contributed by atoms with Crippen molar-refractivity contribution in [2.75, 3.05) is 26.2 Å². The van der Waals surface area contributed by atoms with Crippen LogP contribution >= 0.6 is 0 Å². The molecule has 0 saturated heterocycles. The molecule has 0 heterocycles. The third-order valence-electron chi connectivity index (χ3n) is 3.75. The molecule has 1 aliphatic carbocycles. The van der Waals surface area contributed by atoms with E-state index in [1.165, 1.54) is 0 Å². The van der Waals surface area contributed by atoms with E-state index in [0.29, 0.717) is 19.4 Å². The fourth-order valence-corrected chi connectivity index (χ4v) is 2.31. The standard InChI is InChI=1S/C13H24N2O3/c1-3-9-15(4-2)10-8-14-11(16)13(12(17)18)6-5-7-13/h3-10H2,1-2H3,(H,14,16)(H,17,18). The molecule has 5 heteroatoms. The zero-order valence-corrected chi connectivity index (χ0v) is 11.4. The Hall–Kier alpha value is -1.10. The first-order valence-electron chi connectivity index (χ1n) is 6.81. The summed E-state index contributed by atoms with van der Waals surface area (Å²) in [6, 6.07) is 0. The van der Waals surface area contributed by atoms with Crippen molar-refractivity contribution in [3.63, 3.8) is 0 Å². The van der Waals surface area contributed by atoms with Crippen molar-refractivity contribution in [2.45, 2.75) is 39.5 Å². The van der Waals surface area contributed by atoms with E-state index in [-0.39, 0.29) is 5.91 Å². The molecule has 104 valence electrons. The highest BCUT2D eigenvalue weighted by atomic mass is 16.4. The Morgan fingerprint density at radius 1 is 1.28 bits per heavy atom. The van der Waals surface area contributed by atoms with Crippen LogP contribution in [0.5, 0.6) is 0 Å². The zero-order valence-electron chi connectivity index (χ0n) is 11.4. The van der Waals surface area contributed by atoms with E-state index in [9.17, 15) is 9.59 Å². The summed E-state index contributed by atoms with van der Waals surface area (Å²) < 4.78 is 0. The monoisotopic (exact) mass is 256 g/mol. The van der Waals surface area contributed by atoms with Crippen LogP contribution in [0.1, 0.15) is 39.5 Å². The average Bonchev–Trinajstić information content (AvgIpc) is 2.25. The van der Waals surface area contributed by atoms with E-state index < -0.39 is 11.4 Å². The van der Waals surface area contributed by atoms with E-state index in [1.54, 1.807) is 0 Å². The Bertz CT molecular complexity index is 301. The van der Waals surface area contributed by atoms with Gasteiger partial charge in [0.2, 0.25) is 5.91 Å². The van der Waals surface area contributed by atoms with Gasteiger partial charge < -0.3 is 15.3 Å². The minimum absolute atomic E-state index is 0.311. The first-order valence-corrected chi connectivity index (χ1v) is 6.81. The Balaban J connectivity index is 2.34. The minimum Gasteiger partial charge on any atom is -0.480 e. The summed E-state index contributed by atoms with van der Waals surface area (Å²) in [6.45, 7) is 7.48. The number of carboxylic acid groups (broad SMARTS) is 1. The molecule has 0 aromatic rings. The van der Waals surface area contributed by atoms with E-state index in [2.05, 4.69) is 24.1 Å². The SMILES string of the molecule is CCCN(CC)CCNC(=O)C1(C(=O)O)CCC1. The van der Waals surface area contributed by atoms with Gasteiger partial charge in [0.1, 0.15) is 5.41 Å². The van der Waals surface area contributed by atoms with Crippen molar-refractivity contribution in [1.82, 2.24) is 10.2 Å². The van der Waals surface area contributed by atoms with Gasteiger partial charge in [-0.25, -0.2) is 0 Å². The predicted molar refractivity (Wildman–Crippen MR) is 69.3 cm³/mol. The topological polar surface area (TPSA) is 69.6 Å². The molecule has 0 bridgehead atoms. The number of aliphatic carboxylic acids is 1. The first kappa shape index (κ1) is 15.0. The fourth-order valence-electron chi connectivity index (χ4n) is 2.31. The van der Waals surface area contributed by atoms with Gasteiger partial charge in [-0.1, -0.05) is 20.3 Å². The number of nitrogens with one attached hydrogen (secondary N) is 1. The Morgan fingerprint density at radius 3 is 2.33 bits per heavy atom. The maximum Gasteiger partial charge on any atom is 0.319 e. The number of nitrogens with zero attached hydrogens (tertiary/aromatic N) is 1. The molecule has 0 radical (unpaired) electrons. The van der Waals surface area contributed by atoms with E-state index in [0.717, 1.165) is 32.5 Å². The number of hydrogen-bond acceptors (Lipinski definition) is 3. The van der Waals surface area contributed by atoms with E-state index in [1.807, 2.05) is 0 Å². The summed E-state index contributed by atoms with van der Waals surface area (Å²) >= 11 is 0. The van der Waals surface area contributed by atoms with Gasteiger partial charge in [0, 0.05) is 13.1 Å². The Labute approximate surface area is 109 Å². The predicted octanol–water partition coefficient (Wildman–Crippen LogP) is 1.09. The number of carbonyl (C=O) groups is 2. The van der Waals surface area contributed by atoms with Gasteiger partial charge in [0.15, 0.2) is 0 Å². The molecule has 2 N–H and O–H groups in total. The summed E-state index contributed by atoms with van der Waals surface area (Å²) in [5, 5.41) is 11.9. The molecule has 0 atom stereocenters. The molecule has 0 spiro atoms. The van der Waals surface area contributed by atoms with Crippen LogP contribution in [-0.4, -0.2) is 48.1 Å². The third kappa shape index (κ3) is 3.22. The van der Waals surface area contributed by atoms with Crippen LogP contribution in [0, 0.1) is 5.41 Å². The van der Waals surface area contributed by atoms with E-state index >= 15 is 0 Å². The molecule has 5 nitrogen and oxygen atoms in total. The van der Waals surface area contributed by atoms with Gasteiger partial charge in [-0.2, -0.15) is 0 Å². The van der Waals surface area contributed by atoms with Crippen LogP contribution in [0.25, 0.3) is 0 Å². The summed E-state index contributed by atoms with van der Waals surface area (Å²) in [5.41, 5.74) is -1.14. The second kappa shape index (κ2) is 6.73. The lowest BCUT2D eigenvalue weighted by Gasteiger charge is -2.36. The summed E-state index contributed by atoms with van der Waals surface area (Å²) in [5.74, 6) is -1.29. The molecule has 1 rings (SSSR count). The Kier molecular flexibility index (Phi) is 5.59. The molecule has 0 aliphatic heterocycles. The molecule has 0 aromatic carbocycles. The fraction of sp³-hybridized carbons (Fsp3) is 0.846. The molecule has 1 amide bonds. The van der Waals surface area contributed by atoms with Crippen LogP contribution in [0.2, 0.25) is 0 Å². The van der Waals surface area contributed by atoms with Crippen molar-refractivity contribution in [1.29, 1.82) is 0 Å². The highest BCUT2D eigenvalue weighted by Crippen LogP contribution is 2.41. The molecule has 18 heavy (non-hydrogen) atoms. The highest BCUT2D eigenvalue weighted by Gasteiger charge is 2.50. The number of carboxylic acids is 1. The maximum absolute atomic E-state index is 11.9. The van der Waals surface area contributed by atoms with Crippen LogP contribution in [0.3, 0.4) is 0 Å². The largest absolute Gasteiger partial charge is 0.480 e. The van der Waals surface area contributed by atoms with Gasteiger partial charge in [-0.05, 0) is 32.4 Å². The van der Waals surface area contributed by atoms with Gasteiger partial charge >= 0.3 is 5.97 Å². The molecule has 0 aromatic heterocycles. The second-order valence-corrected chi connectivity index (χ2v) is 4.93. The Morgan fingerprint density at radius 2 is 1.94 bits per heavy atom. The molecule has 1 fully saturated rings. The molecule has 1 aliphatic rings. The minimum atomic E-state index is -1.14. The quantitative estimate of drug-likeness (QED) is 0.638. The average molecular weight is 256 g/mol. The van der Waals surface area contributed by atoms with Crippen molar-refractivity contribution < 1.29 is 14.7 Å². The number of amides is 1. The number of likely N-dealkylation sites (N-methyl/N-ethyl adjacent to an activating group) is 1. The summed E-state index contributed by atoms with van der Waals surface area (Å²) in [4.78, 5) is 25.3. The summed E-state index contributed by atoms with van der Waals surface area (Å²) in [7, 11) is 0. The van der Waals surface area contributed by atoms with Crippen molar-refractivity contribution in [3.8, 4) is 0 Å². The lowest BCUT2D eigenvalue weighted by molar-refractivity contribution is -0.162. The van der Waals surface area contributed by atoms with Crippen LogP contribution < -0.4 is 5.32 Å². The lowest BCUT2D eigenvalue weighted by Crippen LogP contribution is -2.52. The maximum atomic E-state index is 11.9. The molecular formula is C13H24N2O3. The number of carbonyl (C=O) groups excluding carboxylic acids is 1. The van der Waals surface area contributed by atoms with E-state index in [4.69, 9.17) is 5.11 Å².